The molecule has 0 spiro atoms. The van der Waals surface area contributed by atoms with Gasteiger partial charge in [0, 0.05) is 18.0 Å². The highest BCUT2D eigenvalue weighted by Gasteiger charge is 2.12. The summed E-state index contributed by atoms with van der Waals surface area (Å²) in [6, 6.07) is 19.2. The van der Waals surface area contributed by atoms with Gasteiger partial charge in [-0.3, -0.25) is 5.41 Å². The molecule has 0 bridgehead atoms. The third-order valence-corrected chi connectivity index (χ3v) is 3.46. The minimum atomic E-state index is 0.0721. The molecule has 0 saturated heterocycles. The molecule has 0 atom stereocenters. The SMILES string of the molecule is N=C(N)c1ccc(CN(c2ccccn2)c2ccccn2)cc1. The lowest BCUT2D eigenvalue weighted by Gasteiger charge is -2.22. The van der Waals surface area contributed by atoms with Crippen molar-refractivity contribution in [3.63, 3.8) is 0 Å². The van der Waals surface area contributed by atoms with E-state index in [0.29, 0.717) is 6.54 Å². The highest BCUT2D eigenvalue weighted by atomic mass is 15.2. The van der Waals surface area contributed by atoms with Gasteiger partial charge < -0.3 is 10.6 Å². The van der Waals surface area contributed by atoms with E-state index in [1.165, 1.54) is 0 Å². The number of nitrogens with two attached hydrogens (primary N) is 1. The number of amidine groups is 1. The normalized spacial score (nSPS) is 10.3. The van der Waals surface area contributed by atoms with Crippen molar-refractivity contribution in [2.45, 2.75) is 6.54 Å². The average molecular weight is 303 g/mol. The molecule has 0 fully saturated rings. The number of hydrogen-bond donors (Lipinski definition) is 2. The molecule has 3 N–H and O–H groups in total. The van der Waals surface area contributed by atoms with E-state index in [4.69, 9.17) is 11.1 Å². The summed E-state index contributed by atoms with van der Waals surface area (Å²) in [5, 5.41) is 7.46. The van der Waals surface area contributed by atoms with Crippen molar-refractivity contribution in [2.24, 2.45) is 5.73 Å². The first kappa shape index (κ1) is 14.7. The summed E-state index contributed by atoms with van der Waals surface area (Å²) in [7, 11) is 0. The van der Waals surface area contributed by atoms with E-state index in [1.54, 1.807) is 12.4 Å². The molecular formula is C18H17N5. The summed E-state index contributed by atoms with van der Waals surface area (Å²) >= 11 is 0. The summed E-state index contributed by atoms with van der Waals surface area (Å²) in [6.07, 6.45) is 3.54. The molecule has 114 valence electrons. The summed E-state index contributed by atoms with van der Waals surface area (Å²) in [6.45, 7) is 0.631. The predicted octanol–water partition coefficient (Wildman–Crippen LogP) is 3.10. The zero-order chi connectivity index (χ0) is 16.1. The Labute approximate surface area is 134 Å². The van der Waals surface area contributed by atoms with E-state index in [0.717, 1.165) is 22.8 Å². The van der Waals surface area contributed by atoms with Gasteiger partial charge in [0.25, 0.3) is 0 Å². The third-order valence-electron chi connectivity index (χ3n) is 3.46. The second-order valence-corrected chi connectivity index (χ2v) is 5.07. The van der Waals surface area contributed by atoms with E-state index < -0.39 is 0 Å². The number of nitrogens with one attached hydrogen (secondary N) is 1. The van der Waals surface area contributed by atoms with Gasteiger partial charge in [-0.25, -0.2) is 9.97 Å². The second-order valence-electron chi connectivity index (χ2n) is 5.07. The van der Waals surface area contributed by atoms with Crippen LogP contribution in [0.1, 0.15) is 11.1 Å². The molecular weight excluding hydrogens is 286 g/mol. The molecule has 0 aliphatic rings. The van der Waals surface area contributed by atoms with Gasteiger partial charge in [-0.05, 0) is 29.8 Å². The van der Waals surface area contributed by atoms with E-state index in [-0.39, 0.29) is 5.84 Å². The number of aromatic nitrogens is 2. The molecule has 0 radical (unpaired) electrons. The molecule has 0 aliphatic heterocycles. The van der Waals surface area contributed by atoms with Crippen molar-refractivity contribution in [3.05, 3.63) is 84.2 Å². The maximum Gasteiger partial charge on any atom is 0.134 e. The Bertz CT molecular complexity index is 730. The van der Waals surface area contributed by atoms with Crippen LogP contribution in [0.5, 0.6) is 0 Å². The predicted molar refractivity (Wildman–Crippen MR) is 91.8 cm³/mol. The number of nitrogen functional groups attached to an aromatic ring is 1. The number of nitrogens with zero attached hydrogens (tertiary/aromatic N) is 3. The van der Waals surface area contributed by atoms with Gasteiger partial charge in [-0.15, -0.1) is 0 Å². The summed E-state index contributed by atoms with van der Waals surface area (Å²) < 4.78 is 0. The lowest BCUT2D eigenvalue weighted by molar-refractivity contribution is 0.923. The first-order valence-corrected chi connectivity index (χ1v) is 7.27. The number of rotatable bonds is 5. The van der Waals surface area contributed by atoms with Crippen LogP contribution < -0.4 is 10.6 Å². The first-order valence-electron chi connectivity index (χ1n) is 7.27. The van der Waals surface area contributed by atoms with Crippen molar-refractivity contribution in [1.29, 1.82) is 5.41 Å². The number of anilines is 2. The van der Waals surface area contributed by atoms with Crippen LogP contribution in [0.3, 0.4) is 0 Å². The Balaban J connectivity index is 1.92. The molecule has 0 aliphatic carbocycles. The number of pyridine rings is 2. The molecule has 23 heavy (non-hydrogen) atoms. The van der Waals surface area contributed by atoms with E-state index in [1.807, 2.05) is 65.6 Å². The molecule has 5 heteroatoms. The number of benzene rings is 1. The molecule has 2 heterocycles. The molecule has 0 saturated carbocycles. The van der Waals surface area contributed by atoms with Crippen molar-refractivity contribution < 1.29 is 0 Å². The largest absolute Gasteiger partial charge is 0.384 e. The lowest BCUT2D eigenvalue weighted by atomic mass is 10.1. The Morgan fingerprint density at radius 1 is 0.870 bits per heavy atom. The van der Waals surface area contributed by atoms with Gasteiger partial charge >= 0.3 is 0 Å². The second kappa shape index (κ2) is 6.70. The van der Waals surface area contributed by atoms with Gasteiger partial charge in [0.1, 0.15) is 17.5 Å². The van der Waals surface area contributed by atoms with Crippen LogP contribution in [0.15, 0.2) is 73.1 Å². The maximum absolute atomic E-state index is 7.46. The number of hydrogen-bond acceptors (Lipinski definition) is 4. The van der Waals surface area contributed by atoms with E-state index in [2.05, 4.69) is 9.97 Å². The van der Waals surface area contributed by atoms with E-state index >= 15 is 0 Å². The Morgan fingerprint density at radius 3 is 1.87 bits per heavy atom. The minimum Gasteiger partial charge on any atom is -0.384 e. The summed E-state index contributed by atoms with van der Waals surface area (Å²) in [5.41, 5.74) is 7.31. The molecule has 5 nitrogen and oxygen atoms in total. The zero-order valence-electron chi connectivity index (χ0n) is 12.6. The van der Waals surface area contributed by atoms with Crippen molar-refractivity contribution in [3.8, 4) is 0 Å². The van der Waals surface area contributed by atoms with Gasteiger partial charge in [-0.1, -0.05) is 36.4 Å². The Kier molecular flexibility index (Phi) is 4.29. The Morgan fingerprint density at radius 2 is 1.43 bits per heavy atom. The van der Waals surface area contributed by atoms with Crippen molar-refractivity contribution in [2.75, 3.05) is 4.90 Å². The highest BCUT2D eigenvalue weighted by Crippen LogP contribution is 2.23. The fourth-order valence-corrected chi connectivity index (χ4v) is 2.28. The molecule has 2 aromatic heterocycles. The minimum absolute atomic E-state index is 0.0721. The standard InChI is InChI=1S/C18H17N5/c19-18(20)15-9-7-14(8-10-15)13-23(16-5-1-3-11-21-16)17-6-2-4-12-22-17/h1-12H,13H2,(H3,19,20). The topological polar surface area (TPSA) is 78.9 Å². The maximum atomic E-state index is 7.46. The summed E-state index contributed by atoms with van der Waals surface area (Å²) in [4.78, 5) is 10.9. The molecule has 3 rings (SSSR count). The zero-order valence-corrected chi connectivity index (χ0v) is 12.6. The average Bonchev–Trinajstić information content (AvgIpc) is 2.61. The van der Waals surface area contributed by atoms with Crippen LogP contribution in [0.4, 0.5) is 11.6 Å². The van der Waals surface area contributed by atoms with Gasteiger partial charge in [0.2, 0.25) is 0 Å². The van der Waals surface area contributed by atoms with Crippen LogP contribution in [0.2, 0.25) is 0 Å². The highest BCUT2D eigenvalue weighted by molar-refractivity contribution is 5.94. The van der Waals surface area contributed by atoms with Crippen molar-refractivity contribution in [1.82, 2.24) is 9.97 Å². The quantitative estimate of drug-likeness (QED) is 0.561. The lowest BCUT2D eigenvalue weighted by Crippen LogP contribution is -2.19. The van der Waals surface area contributed by atoms with Gasteiger partial charge in [0.05, 0.1) is 6.54 Å². The van der Waals surface area contributed by atoms with Crippen LogP contribution in [0.25, 0.3) is 0 Å². The van der Waals surface area contributed by atoms with Crippen LogP contribution in [0, 0.1) is 5.41 Å². The van der Waals surface area contributed by atoms with Crippen LogP contribution in [-0.2, 0) is 6.54 Å². The van der Waals surface area contributed by atoms with Crippen molar-refractivity contribution >= 4 is 17.5 Å². The summed E-state index contributed by atoms with van der Waals surface area (Å²) in [5.74, 6) is 1.74. The van der Waals surface area contributed by atoms with Crippen LogP contribution in [-0.4, -0.2) is 15.8 Å². The Hall–Kier alpha value is -3.21. The molecule has 0 unspecified atom stereocenters. The van der Waals surface area contributed by atoms with Gasteiger partial charge in [-0.2, -0.15) is 0 Å². The smallest absolute Gasteiger partial charge is 0.134 e. The van der Waals surface area contributed by atoms with E-state index in [9.17, 15) is 0 Å². The molecule has 3 aromatic rings. The van der Waals surface area contributed by atoms with Crippen LogP contribution >= 0.6 is 0 Å². The third kappa shape index (κ3) is 3.52. The molecule has 0 amide bonds. The fraction of sp³-hybridized carbons (Fsp3) is 0.0556. The first-order chi connectivity index (χ1) is 11.2. The fourth-order valence-electron chi connectivity index (χ4n) is 2.28. The monoisotopic (exact) mass is 303 g/mol. The molecule has 1 aromatic carbocycles. The van der Waals surface area contributed by atoms with Gasteiger partial charge in [0.15, 0.2) is 0 Å².